The molecule has 0 amide bonds. The molecular formula is C11H16O3. The van der Waals surface area contributed by atoms with E-state index in [1.165, 1.54) is 0 Å². The number of hydrogen-bond donors (Lipinski definition) is 1. The zero-order valence-electron chi connectivity index (χ0n) is 8.62. The summed E-state index contributed by atoms with van der Waals surface area (Å²) >= 11 is 0. The van der Waals surface area contributed by atoms with E-state index in [0.717, 1.165) is 12.8 Å². The molecular weight excluding hydrogens is 180 g/mol. The van der Waals surface area contributed by atoms with Gasteiger partial charge in [0, 0.05) is 11.8 Å². The molecule has 78 valence electrons. The summed E-state index contributed by atoms with van der Waals surface area (Å²) in [6.07, 6.45) is 1.80. The number of carboxylic acids is 1. The molecule has 0 aromatic rings. The van der Waals surface area contributed by atoms with Crippen LogP contribution < -0.4 is 0 Å². The lowest BCUT2D eigenvalue weighted by atomic mass is 9.46. The molecule has 3 nitrogen and oxygen atoms in total. The number of rotatable bonds is 2. The molecule has 3 fully saturated rings. The Bertz CT molecular complexity index is 293. The number of aliphatic carboxylic acids is 1. The number of Topliss-reactive ketones (excluding diaryl/α,β-unsaturated/α-hetero) is 1. The Kier molecular flexibility index (Phi) is 1.95. The molecule has 0 aliphatic heterocycles. The van der Waals surface area contributed by atoms with Crippen molar-refractivity contribution < 1.29 is 14.7 Å². The number of fused-ring (bicyclic) bond motifs is 2. The SMILES string of the molecule is CC1(C)C2CC(CC(=O)O)C(=O)C1C2. The Hall–Kier alpha value is -0.860. The molecule has 14 heavy (non-hydrogen) atoms. The van der Waals surface area contributed by atoms with Crippen LogP contribution in [-0.4, -0.2) is 16.9 Å². The largest absolute Gasteiger partial charge is 0.481 e. The van der Waals surface area contributed by atoms with E-state index in [1.807, 2.05) is 0 Å². The summed E-state index contributed by atoms with van der Waals surface area (Å²) in [5.41, 5.74) is 0.131. The van der Waals surface area contributed by atoms with Crippen LogP contribution in [-0.2, 0) is 9.59 Å². The highest BCUT2D eigenvalue weighted by atomic mass is 16.4. The van der Waals surface area contributed by atoms with Crippen LogP contribution in [0.2, 0.25) is 0 Å². The zero-order chi connectivity index (χ0) is 10.5. The van der Waals surface area contributed by atoms with E-state index in [-0.39, 0.29) is 29.5 Å². The fourth-order valence-electron chi connectivity index (χ4n) is 3.04. The van der Waals surface area contributed by atoms with Gasteiger partial charge >= 0.3 is 5.97 Å². The lowest BCUT2D eigenvalue weighted by Gasteiger charge is -2.57. The monoisotopic (exact) mass is 196 g/mol. The van der Waals surface area contributed by atoms with Gasteiger partial charge in [-0.3, -0.25) is 9.59 Å². The van der Waals surface area contributed by atoms with E-state index in [1.54, 1.807) is 0 Å². The summed E-state index contributed by atoms with van der Waals surface area (Å²) in [5.74, 6) is -0.160. The van der Waals surface area contributed by atoms with Crippen molar-refractivity contribution in [2.24, 2.45) is 23.2 Å². The van der Waals surface area contributed by atoms with E-state index < -0.39 is 5.97 Å². The van der Waals surface area contributed by atoms with E-state index >= 15 is 0 Å². The van der Waals surface area contributed by atoms with Crippen molar-refractivity contribution in [2.75, 3.05) is 0 Å². The van der Waals surface area contributed by atoms with Crippen molar-refractivity contribution in [3.63, 3.8) is 0 Å². The number of carbonyl (C=O) groups is 2. The minimum Gasteiger partial charge on any atom is -0.481 e. The fourth-order valence-corrected chi connectivity index (χ4v) is 3.04. The van der Waals surface area contributed by atoms with Crippen LogP contribution in [0.5, 0.6) is 0 Å². The molecule has 0 heterocycles. The predicted molar refractivity (Wildman–Crippen MR) is 50.7 cm³/mol. The second kappa shape index (κ2) is 2.81. The van der Waals surface area contributed by atoms with Gasteiger partial charge in [-0.05, 0) is 24.2 Å². The molecule has 3 atom stereocenters. The standard InChI is InChI=1S/C11H16O3/c1-11(2)7-3-6(4-9(12)13)10(14)8(11)5-7/h6-8H,3-5H2,1-2H3,(H,12,13). The Balaban J connectivity index is 2.08. The molecule has 0 saturated heterocycles. The Labute approximate surface area is 83.5 Å². The van der Waals surface area contributed by atoms with Crippen LogP contribution in [0.15, 0.2) is 0 Å². The molecule has 1 N–H and O–H groups in total. The molecule has 3 saturated carbocycles. The average molecular weight is 196 g/mol. The second-order valence-corrected chi connectivity index (χ2v) is 5.24. The first-order valence-corrected chi connectivity index (χ1v) is 5.18. The summed E-state index contributed by atoms with van der Waals surface area (Å²) in [7, 11) is 0. The third-order valence-corrected chi connectivity index (χ3v) is 4.21. The third kappa shape index (κ3) is 1.18. The van der Waals surface area contributed by atoms with E-state index in [4.69, 9.17) is 5.11 Å². The highest BCUT2D eigenvalue weighted by Gasteiger charge is 2.57. The van der Waals surface area contributed by atoms with Gasteiger partial charge in [-0.1, -0.05) is 13.8 Å². The number of hydrogen-bond acceptors (Lipinski definition) is 2. The predicted octanol–water partition coefficient (Wildman–Crippen LogP) is 1.71. The lowest BCUT2D eigenvalue weighted by molar-refractivity contribution is -0.161. The van der Waals surface area contributed by atoms with Crippen molar-refractivity contribution >= 4 is 11.8 Å². The Morgan fingerprint density at radius 1 is 1.50 bits per heavy atom. The van der Waals surface area contributed by atoms with E-state index in [0.29, 0.717) is 5.92 Å². The molecule has 3 aliphatic carbocycles. The van der Waals surface area contributed by atoms with E-state index in [2.05, 4.69) is 13.8 Å². The minimum atomic E-state index is -0.845. The van der Waals surface area contributed by atoms with Gasteiger partial charge in [0.05, 0.1) is 6.42 Å². The van der Waals surface area contributed by atoms with Crippen molar-refractivity contribution in [3.05, 3.63) is 0 Å². The first kappa shape index (κ1) is 9.69. The van der Waals surface area contributed by atoms with Crippen LogP contribution in [0.3, 0.4) is 0 Å². The lowest BCUT2D eigenvalue weighted by Crippen LogP contribution is -2.56. The molecule has 3 aliphatic rings. The maximum atomic E-state index is 11.9. The van der Waals surface area contributed by atoms with Crippen LogP contribution in [0.25, 0.3) is 0 Å². The van der Waals surface area contributed by atoms with Gasteiger partial charge in [0.2, 0.25) is 0 Å². The minimum absolute atomic E-state index is 0.0297. The number of ketones is 1. The zero-order valence-corrected chi connectivity index (χ0v) is 8.62. The summed E-state index contributed by atoms with van der Waals surface area (Å²) < 4.78 is 0. The van der Waals surface area contributed by atoms with Crippen molar-refractivity contribution in [2.45, 2.75) is 33.1 Å². The van der Waals surface area contributed by atoms with Gasteiger partial charge in [0.1, 0.15) is 5.78 Å². The molecule has 3 unspecified atom stereocenters. The summed E-state index contributed by atoms with van der Waals surface area (Å²) in [5, 5.41) is 8.66. The first-order valence-electron chi connectivity index (χ1n) is 5.18. The van der Waals surface area contributed by atoms with Crippen molar-refractivity contribution in [1.29, 1.82) is 0 Å². The van der Waals surface area contributed by atoms with Crippen LogP contribution >= 0.6 is 0 Å². The summed E-state index contributed by atoms with van der Waals surface area (Å²) in [4.78, 5) is 22.4. The molecule has 0 aromatic heterocycles. The molecule has 3 rings (SSSR count). The van der Waals surface area contributed by atoms with Crippen LogP contribution in [0, 0.1) is 23.2 Å². The van der Waals surface area contributed by atoms with Crippen LogP contribution in [0.4, 0.5) is 0 Å². The quantitative estimate of drug-likeness (QED) is 0.731. The summed E-state index contributed by atoms with van der Waals surface area (Å²) in [6, 6.07) is 0. The van der Waals surface area contributed by atoms with Gasteiger partial charge in [-0.2, -0.15) is 0 Å². The maximum absolute atomic E-state index is 11.9. The van der Waals surface area contributed by atoms with Gasteiger partial charge < -0.3 is 5.11 Å². The highest BCUT2D eigenvalue weighted by Crippen LogP contribution is 2.59. The Morgan fingerprint density at radius 2 is 2.14 bits per heavy atom. The molecule has 0 aromatic carbocycles. The summed E-state index contributed by atoms with van der Waals surface area (Å²) in [6.45, 7) is 4.25. The van der Waals surface area contributed by atoms with Crippen molar-refractivity contribution in [3.8, 4) is 0 Å². The van der Waals surface area contributed by atoms with Gasteiger partial charge in [-0.15, -0.1) is 0 Å². The topological polar surface area (TPSA) is 54.4 Å². The van der Waals surface area contributed by atoms with Gasteiger partial charge in [-0.25, -0.2) is 0 Å². The smallest absolute Gasteiger partial charge is 0.304 e. The maximum Gasteiger partial charge on any atom is 0.304 e. The van der Waals surface area contributed by atoms with E-state index in [9.17, 15) is 9.59 Å². The van der Waals surface area contributed by atoms with Crippen LogP contribution in [0.1, 0.15) is 33.1 Å². The van der Waals surface area contributed by atoms with Gasteiger partial charge in [0.25, 0.3) is 0 Å². The van der Waals surface area contributed by atoms with Crippen molar-refractivity contribution in [1.82, 2.24) is 0 Å². The molecule has 3 heteroatoms. The number of carboxylic acid groups (broad SMARTS) is 1. The molecule has 0 spiro atoms. The second-order valence-electron chi connectivity index (χ2n) is 5.24. The Morgan fingerprint density at radius 3 is 2.57 bits per heavy atom. The third-order valence-electron chi connectivity index (χ3n) is 4.21. The highest BCUT2D eigenvalue weighted by molar-refractivity contribution is 5.89. The molecule has 0 radical (unpaired) electrons. The fraction of sp³-hybridized carbons (Fsp3) is 0.818. The average Bonchev–Trinajstić information content (AvgIpc) is 2.06. The molecule has 2 bridgehead atoms. The number of carbonyl (C=O) groups excluding carboxylic acids is 1. The first-order chi connectivity index (χ1) is 6.43. The normalized spacial score (nSPS) is 39.0. The van der Waals surface area contributed by atoms with Gasteiger partial charge in [0.15, 0.2) is 0 Å².